The lowest BCUT2D eigenvalue weighted by Crippen LogP contribution is -2.40. The lowest BCUT2D eigenvalue weighted by Gasteiger charge is -2.25. The van der Waals surface area contributed by atoms with Crippen molar-refractivity contribution in [3.05, 3.63) is 41.1 Å². The minimum absolute atomic E-state index is 0.210. The largest absolute Gasteiger partial charge is 0.355 e. The molecule has 2 aromatic rings. The number of hydrogen-bond acceptors (Lipinski definition) is 7. The molecular formula is C15H18F2N6OS. The summed E-state index contributed by atoms with van der Waals surface area (Å²) in [5, 5.41) is 19.6. The van der Waals surface area contributed by atoms with E-state index in [0.29, 0.717) is 6.54 Å². The van der Waals surface area contributed by atoms with Crippen LogP contribution in [0.15, 0.2) is 41.3 Å². The average molecular weight is 368 g/mol. The van der Waals surface area contributed by atoms with E-state index < -0.39 is 12.4 Å². The molecule has 0 fully saturated rings. The van der Waals surface area contributed by atoms with Crippen LogP contribution >= 0.6 is 11.3 Å². The van der Waals surface area contributed by atoms with Gasteiger partial charge in [0.15, 0.2) is 0 Å². The molecule has 1 unspecified atom stereocenters. The summed E-state index contributed by atoms with van der Waals surface area (Å²) >= 11 is 1.58. The lowest BCUT2D eigenvalue weighted by atomic mass is 10.3. The normalized spacial score (nSPS) is 16.8. The Balaban J connectivity index is 1.64. The van der Waals surface area contributed by atoms with Gasteiger partial charge in [0.1, 0.15) is 6.34 Å². The number of aliphatic hydroxyl groups is 1. The molecule has 0 spiro atoms. The molecule has 7 nitrogen and oxygen atoms in total. The molecule has 3 N–H and O–H groups in total. The van der Waals surface area contributed by atoms with Crippen LogP contribution in [-0.2, 0) is 13.6 Å². The van der Waals surface area contributed by atoms with E-state index in [4.69, 9.17) is 5.73 Å². The van der Waals surface area contributed by atoms with Gasteiger partial charge in [-0.05, 0) is 12.1 Å². The van der Waals surface area contributed by atoms with Gasteiger partial charge in [-0.3, -0.25) is 4.68 Å². The summed E-state index contributed by atoms with van der Waals surface area (Å²) in [6.45, 7) is -0.0648. The van der Waals surface area contributed by atoms with Gasteiger partial charge in [-0.1, -0.05) is 0 Å². The molecule has 1 aliphatic heterocycles. The number of hydrogen-bond donors (Lipinski definition) is 2. The zero-order valence-corrected chi connectivity index (χ0v) is 14.3. The number of halogens is 2. The maximum atomic E-state index is 12.7. The Morgan fingerprint density at radius 2 is 2.20 bits per heavy atom. The highest BCUT2D eigenvalue weighted by molar-refractivity contribution is 7.15. The highest BCUT2D eigenvalue weighted by Gasteiger charge is 2.27. The van der Waals surface area contributed by atoms with E-state index in [1.54, 1.807) is 27.1 Å². The molecule has 0 aliphatic carbocycles. The van der Waals surface area contributed by atoms with E-state index >= 15 is 0 Å². The highest BCUT2D eigenvalue weighted by Crippen LogP contribution is 2.29. The standard InChI is InChI=1S/C15H18F2N6OS/c1-21-6-11(5-19-21)13-3-2-12(25-13)8-22-9-20-23(15(22)24)7-10(4-18)14(16)17/h2-3,5-6,9,15,24H,4,7-8,18H2,1H3. The van der Waals surface area contributed by atoms with E-state index in [2.05, 4.69) is 10.2 Å². The molecule has 1 atom stereocenters. The lowest BCUT2D eigenvalue weighted by molar-refractivity contribution is -0.0564. The van der Waals surface area contributed by atoms with Crippen LogP contribution in [0.3, 0.4) is 0 Å². The molecule has 3 rings (SSSR count). The number of nitrogens with zero attached hydrogens (tertiary/aromatic N) is 5. The predicted molar refractivity (Wildman–Crippen MR) is 91.6 cm³/mol. The van der Waals surface area contributed by atoms with Crippen molar-refractivity contribution in [3.8, 4) is 10.4 Å². The summed E-state index contributed by atoms with van der Waals surface area (Å²) in [5.41, 5.74) is 6.08. The third-order valence-corrected chi connectivity index (χ3v) is 4.89. The van der Waals surface area contributed by atoms with Crippen molar-refractivity contribution in [1.82, 2.24) is 19.7 Å². The zero-order chi connectivity index (χ0) is 18.0. The minimum atomic E-state index is -1.83. The van der Waals surface area contributed by atoms with E-state index in [1.165, 1.54) is 11.3 Å². The van der Waals surface area contributed by atoms with Gasteiger partial charge >= 0.3 is 0 Å². The fraction of sp³-hybridized carbons (Fsp3) is 0.333. The van der Waals surface area contributed by atoms with Crippen LogP contribution in [-0.4, -0.2) is 50.6 Å². The van der Waals surface area contributed by atoms with Gasteiger partial charge in [-0.2, -0.15) is 19.0 Å². The molecule has 25 heavy (non-hydrogen) atoms. The summed E-state index contributed by atoms with van der Waals surface area (Å²) in [6, 6.07) is 3.95. The molecule has 0 aromatic carbocycles. The molecule has 0 radical (unpaired) electrons. The Labute approximate surface area is 147 Å². The molecule has 0 saturated carbocycles. The molecule has 1 aliphatic rings. The van der Waals surface area contributed by atoms with E-state index in [9.17, 15) is 13.9 Å². The van der Waals surface area contributed by atoms with Crippen molar-refractivity contribution in [2.75, 3.05) is 13.1 Å². The molecule has 3 heterocycles. The monoisotopic (exact) mass is 368 g/mol. The topological polar surface area (TPSA) is 82.9 Å². The Bertz CT molecular complexity index is 798. The van der Waals surface area contributed by atoms with Gasteiger partial charge < -0.3 is 15.7 Å². The molecule has 0 saturated heterocycles. The smallest absolute Gasteiger partial charge is 0.272 e. The third kappa shape index (κ3) is 3.86. The summed E-state index contributed by atoms with van der Waals surface area (Å²) in [7, 11) is 1.86. The fourth-order valence-electron chi connectivity index (χ4n) is 2.41. The summed E-state index contributed by atoms with van der Waals surface area (Å²) in [6.07, 6.45) is 2.22. The zero-order valence-electron chi connectivity index (χ0n) is 13.5. The first-order valence-corrected chi connectivity index (χ1v) is 8.35. The van der Waals surface area contributed by atoms with Crippen molar-refractivity contribution < 1.29 is 13.9 Å². The summed E-state index contributed by atoms with van der Waals surface area (Å²) in [4.78, 5) is 3.65. The average Bonchev–Trinajstić information content (AvgIpc) is 3.28. The van der Waals surface area contributed by atoms with Gasteiger partial charge in [0.2, 0.25) is 6.35 Å². The number of aliphatic hydroxyl groups excluding tert-OH is 1. The Morgan fingerprint density at radius 1 is 1.40 bits per heavy atom. The van der Waals surface area contributed by atoms with Gasteiger partial charge in [0.05, 0.1) is 19.3 Å². The third-order valence-electron chi connectivity index (χ3n) is 3.77. The summed E-state index contributed by atoms with van der Waals surface area (Å²) < 4.78 is 27.2. The number of rotatable bonds is 6. The van der Waals surface area contributed by atoms with Crippen molar-refractivity contribution >= 4 is 17.7 Å². The number of nitrogens with two attached hydrogens (primary N) is 1. The molecule has 10 heteroatoms. The second-order valence-electron chi connectivity index (χ2n) is 5.58. The van der Waals surface area contributed by atoms with Crippen LogP contribution in [0.5, 0.6) is 0 Å². The highest BCUT2D eigenvalue weighted by atomic mass is 32.1. The van der Waals surface area contributed by atoms with Gasteiger partial charge in [0.25, 0.3) is 6.08 Å². The van der Waals surface area contributed by atoms with E-state index in [1.807, 2.05) is 25.4 Å². The number of hydrazone groups is 1. The first kappa shape index (κ1) is 17.5. The predicted octanol–water partition coefficient (Wildman–Crippen LogP) is 1.59. The number of aryl methyl sites for hydroxylation is 1. The van der Waals surface area contributed by atoms with Crippen LogP contribution in [0.4, 0.5) is 8.78 Å². The van der Waals surface area contributed by atoms with Crippen molar-refractivity contribution in [1.29, 1.82) is 0 Å². The molecule has 134 valence electrons. The van der Waals surface area contributed by atoms with E-state index in [-0.39, 0.29) is 18.7 Å². The Hall–Kier alpha value is -2.30. The first-order valence-electron chi connectivity index (χ1n) is 7.53. The van der Waals surface area contributed by atoms with Gasteiger partial charge in [0, 0.05) is 40.7 Å². The number of aromatic nitrogens is 2. The summed E-state index contributed by atoms with van der Waals surface area (Å²) in [5.74, 6) is 0. The van der Waals surface area contributed by atoms with Crippen molar-refractivity contribution in [2.24, 2.45) is 17.9 Å². The maximum absolute atomic E-state index is 12.7. The van der Waals surface area contributed by atoms with Crippen molar-refractivity contribution in [3.63, 3.8) is 0 Å². The van der Waals surface area contributed by atoms with Crippen LogP contribution < -0.4 is 5.73 Å². The van der Waals surface area contributed by atoms with Crippen LogP contribution in [0, 0.1) is 0 Å². The van der Waals surface area contributed by atoms with Crippen LogP contribution in [0.1, 0.15) is 4.88 Å². The quantitative estimate of drug-likeness (QED) is 0.809. The Morgan fingerprint density at radius 3 is 2.84 bits per heavy atom. The second kappa shape index (κ2) is 7.30. The van der Waals surface area contributed by atoms with Gasteiger partial charge in [-0.15, -0.1) is 11.3 Å². The molecule has 0 bridgehead atoms. The SMILES string of the molecule is Cn1cc(-c2ccc(CN3C=NN(CC(CN)=C(F)F)C3O)s2)cn1. The van der Waals surface area contributed by atoms with Crippen LogP contribution in [0.25, 0.3) is 10.4 Å². The van der Waals surface area contributed by atoms with E-state index in [0.717, 1.165) is 15.3 Å². The fourth-order valence-corrected chi connectivity index (χ4v) is 3.40. The second-order valence-corrected chi connectivity index (χ2v) is 6.75. The Kier molecular flexibility index (Phi) is 5.11. The molecular weight excluding hydrogens is 350 g/mol. The first-order chi connectivity index (χ1) is 12.0. The minimum Gasteiger partial charge on any atom is -0.355 e. The maximum Gasteiger partial charge on any atom is 0.272 e. The van der Waals surface area contributed by atoms with Crippen molar-refractivity contribution in [2.45, 2.75) is 12.9 Å². The van der Waals surface area contributed by atoms with Gasteiger partial charge in [-0.25, -0.2) is 5.01 Å². The van der Waals surface area contributed by atoms with Crippen LogP contribution in [0.2, 0.25) is 0 Å². The molecule has 2 aromatic heterocycles. The number of thiophene rings is 1. The molecule has 0 amide bonds.